The van der Waals surface area contributed by atoms with Crippen molar-refractivity contribution >= 4 is 17.6 Å². The van der Waals surface area contributed by atoms with Gasteiger partial charge in [0, 0.05) is 12.2 Å². The van der Waals surface area contributed by atoms with Gasteiger partial charge in [0.05, 0.1) is 12.5 Å². The van der Waals surface area contributed by atoms with E-state index in [2.05, 4.69) is 26.1 Å². The lowest BCUT2D eigenvalue weighted by molar-refractivity contribution is -0.141. The van der Waals surface area contributed by atoms with Gasteiger partial charge in [0.15, 0.2) is 0 Å². The van der Waals surface area contributed by atoms with Crippen molar-refractivity contribution in [2.45, 2.75) is 32.6 Å². The number of nitrogens with one attached hydrogen (secondary N) is 1. The Morgan fingerprint density at radius 2 is 1.91 bits per heavy atom. The maximum atomic E-state index is 12.0. The topological polar surface area (TPSA) is 69.6 Å². The molecule has 1 aliphatic rings. The lowest BCUT2D eigenvalue weighted by Gasteiger charge is -2.19. The number of carbonyl (C=O) groups is 2. The van der Waals surface area contributed by atoms with Gasteiger partial charge in [-0.05, 0) is 36.1 Å². The Kier molecular flexibility index (Phi) is 4.86. The second-order valence-corrected chi connectivity index (χ2v) is 6.93. The minimum atomic E-state index is -0.777. The van der Waals surface area contributed by atoms with E-state index in [1.807, 2.05) is 29.2 Å². The van der Waals surface area contributed by atoms with Gasteiger partial charge in [-0.2, -0.15) is 0 Å². The monoisotopic (exact) mass is 304 g/mol. The Bertz CT molecular complexity index is 546. The zero-order chi connectivity index (χ0) is 16.3. The van der Waals surface area contributed by atoms with Crippen LogP contribution >= 0.6 is 0 Å². The van der Waals surface area contributed by atoms with Crippen molar-refractivity contribution in [2.75, 3.05) is 25.0 Å². The molecular formula is C17H24N2O3. The Hall–Kier alpha value is -1.88. The molecule has 1 fully saturated rings. The molecule has 0 saturated carbocycles. The highest BCUT2D eigenvalue weighted by Crippen LogP contribution is 2.23. The molecule has 0 aromatic heterocycles. The zero-order valence-electron chi connectivity index (χ0n) is 13.4. The molecule has 2 rings (SSSR count). The molecule has 0 spiro atoms. The van der Waals surface area contributed by atoms with E-state index >= 15 is 0 Å². The maximum Gasteiger partial charge on any atom is 0.307 e. The highest BCUT2D eigenvalue weighted by atomic mass is 16.4. The molecule has 0 aliphatic carbocycles. The zero-order valence-corrected chi connectivity index (χ0v) is 13.4. The molecule has 2 N–H and O–H groups in total. The van der Waals surface area contributed by atoms with E-state index < -0.39 is 5.97 Å². The van der Waals surface area contributed by atoms with Crippen molar-refractivity contribution in [3.8, 4) is 0 Å². The lowest BCUT2D eigenvalue weighted by atomic mass is 9.87. The number of rotatable bonds is 4. The summed E-state index contributed by atoms with van der Waals surface area (Å²) < 4.78 is 0. The molecule has 1 heterocycles. The van der Waals surface area contributed by atoms with Gasteiger partial charge in [0.2, 0.25) is 5.91 Å². The molecule has 1 aliphatic heterocycles. The van der Waals surface area contributed by atoms with Crippen molar-refractivity contribution in [3.63, 3.8) is 0 Å². The number of carbonyl (C=O) groups excluding carboxylic acids is 1. The Morgan fingerprint density at radius 1 is 1.27 bits per heavy atom. The number of carboxylic acid groups (broad SMARTS) is 1. The smallest absolute Gasteiger partial charge is 0.307 e. The quantitative estimate of drug-likeness (QED) is 0.895. The molecule has 1 unspecified atom stereocenters. The highest BCUT2D eigenvalue weighted by molar-refractivity contribution is 5.92. The molecule has 22 heavy (non-hydrogen) atoms. The van der Waals surface area contributed by atoms with E-state index in [0.717, 1.165) is 5.69 Å². The van der Waals surface area contributed by atoms with Gasteiger partial charge in [-0.3, -0.25) is 14.5 Å². The first-order valence-electron chi connectivity index (χ1n) is 7.61. The first-order chi connectivity index (χ1) is 10.3. The fourth-order valence-corrected chi connectivity index (χ4v) is 2.64. The number of aliphatic carboxylic acids is 1. The predicted octanol–water partition coefficient (Wildman–Crippen LogP) is 2.33. The summed E-state index contributed by atoms with van der Waals surface area (Å²) in [4.78, 5) is 24.8. The Balaban J connectivity index is 1.86. The average molecular weight is 304 g/mol. The SMILES string of the molecule is CC(C)(C)c1ccc(NC(=O)CN2CCC(C(=O)O)C2)cc1. The number of benzene rings is 1. The van der Waals surface area contributed by atoms with Crippen LogP contribution in [-0.2, 0) is 15.0 Å². The number of anilines is 1. The van der Waals surface area contributed by atoms with Crippen LogP contribution in [0.3, 0.4) is 0 Å². The minimum absolute atomic E-state index is 0.0872. The molecule has 1 amide bonds. The van der Waals surface area contributed by atoms with Crippen molar-refractivity contribution in [3.05, 3.63) is 29.8 Å². The third kappa shape index (κ3) is 4.31. The minimum Gasteiger partial charge on any atom is -0.481 e. The first kappa shape index (κ1) is 16.5. The normalized spacial score (nSPS) is 19.1. The van der Waals surface area contributed by atoms with Crippen LogP contribution in [-0.4, -0.2) is 41.5 Å². The van der Waals surface area contributed by atoms with Gasteiger partial charge in [-0.25, -0.2) is 0 Å². The first-order valence-corrected chi connectivity index (χ1v) is 7.61. The average Bonchev–Trinajstić information content (AvgIpc) is 2.86. The number of carboxylic acids is 1. The van der Waals surface area contributed by atoms with E-state index in [-0.39, 0.29) is 23.8 Å². The largest absolute Gasteiger partial charge is 0.481 e. The molecule has 5 heteroatoms. The van der Waals surface area contributed by atoms with Crippen LogP contribution in [0.2, 0.25) is 0 Å². The summed E-state index contributed by atoms with van der Waals surface area (Å²) >= 11 is 0. The van der Waals surface area contributed by atoms with Crippen molar-refractivity contribution in [1.29, 1.82) is 0 Å². The molecule has 0 radical (unpaired) electrons. The van der Waals surface area contributed by atoms with E-state index in [1.165, 1.54) is 5.56 Å². The fraction of sp³-hybridized carbons (Fsp3) is 0.529. The lowest BCUT2D eigenvalue weighted by Crippen LogP contribution is -2.32. The van der Waals surface area contributed by atoms with Gasteiger partial charge >= 0.3 is 5.97 Å². The second-order valence-electron chi connectivity index (χ2n) is 6.93. The van der Waals surface area contributed by atoms with Crippen LogP contribution in [0.25, 0.3) is 0 Å². The molecule has 5 nitrogen and oxygen atoms in total. The van der Waals surface area contributed by atoms with Crippen molar-refractivity contribution in [1.82, 2.24) is 4.90 Å². The van der Waals surface area contributed by atoms with Crippen molar-refractivity contribution < 1.29 is 14.7 Å². The van der Waals surface area contributed by atoms with E-state index in [4.69, 9.17) is 5.11 Å². The third-order valence-electron chi connectivity index (χ3n) is 4.02. The highest BCUT2D eigenvalue weighted by Gasteiger charge is 2.28. The summed E-state index contributed by atoms with van der Waals surface area (Å²) in [5.41, 5.74) is 2.07. The van der Waals surface area contributed by atoms with Crippen LogP contribution in [0.1, 0.15) is 32.8 Å². The van der Waals surface area contributed by atoms with Crippen LogP contribution < -0.4 is 5.32 Å². The van der Waals surface area contributed by atoms with Crippen LogP contribution in [0, 0.1) is 5.92 Å². The summed E-state index contributed by atoms with van der Waals surface area (Å²) in [6.07, 6.45) is 0.614. The number of nitrogens with zero attached hydrogens (tertiary/aromatic N) is 1. The summed E-state index contributed by atoms with van der Waals surface area (Å²) in [7, 11) is 0. The Labute approximate surface area is 131 Å². The number of likely N-dealkylation sites (tertiary alicyclic amines) is 1. The molecule has 1 saturated heterocycles. The van der Waals surface area contributed by atoms with Gasteiger partial charge in [-0.1, -0.05) is 32.9 Å². The summed E-state index contributed by atoms with van der Waals surface area (Å²) in [5.74, 6) is -1.23. The van der Waals surface area contributed by atoms with E-state index in [1.54, 1.807) is 0 Å². The van der Waals surface area contributed by atoms with Crippen LogP contribution in [0.5, 0.6) is 0 Å². The van der Waals surface area contributed by atoms with E-state index in [9.17, 15) is 9.59 Å². The molecule has 1 atom stereocenters. The fourth-order valence-electron chi connectivity index (χ4n) is 2.64. The number of hydrogen-bond donors (Lipinski definition) is 2. The molecule has 0 bridgehead atoms. The number of amides is 1. The van der Waals surface area contributed by atoms with Gasteiger partial charge < -0.3 is 10.4 Å². The van der Waals surface area contributed by atoms with Gasteiger partial charge in [-0.15, -0.1) is 0 Å². The maximum absolute atomic E-state index is 12.0. The molecular weight excluding hydrogens is 280 g/mol. The molecule has 1 aromatic rings. The van der Waals surface area contributed by atoms with Gasteiger partial charge in [0.25, 0.3) is 0 Å². The van der Waals surface area contributed by atoms with Crippen LogP contribution in [0.4, 0.5) is 5.69 Å². The molecule has 1 aromatic carbocycles. The Morgan fingerprint density at radius 3 is 2.41 bits per heavy atom. The predicted molar refractivity (Wildman–Crippen MR) is 86.0 cm³/mol. The molecule has 120 valence electrons. The van der Waals surface area contributed by atoms with E-state index in [0.29, 0.717) is 19.5 Å². The van der Waals surface area contributed by atoms with Crippen molar-refractivity contribution in [2.24, 2.45) is 5.92 Å². The van der Waals surface area contributed by atoms with Gasteiger partial charge in [0.1, 0.15) is 0 Å². The van der Waals surface area contributed by atoms with Crippen LogP contribution in [0.15, 0.2) is 24.3 Å². The number of hydrogen-bond acceptors (Lipinski definition) is 3. The second kappa shape index (κ2) is 6.48. The summed E-state index contributed by atoms with van der Waals surface area (Å²) in [5, 5.41) is 11.8. The standard InChI is InChI=1S/C17H24N2O3/c1-17(2,3)13-4-6-14(7-5-13)18-15(20)11-19-9-8-12(10-19)16(21)22/h4-7,12H,8-11H2,1-3H3,(H,18,20)(H,21,22). The summed E-state index contributed by atoms with van der Waals surface area (Å²) in [6.45, 7) is 7.79. The summed E-state index contributed by atoms with van der Waals surface area (Å²) in [6, 6.07) is 7.85. The third-order valence-corrected chi connectivity index (χ3v) is 4.02.